The Balaban J connectivity index is 2.08. The van der Waals surface area contributed by atoms with Crippen LogP contribution in [0.2, 0.25) is 5.02 Å². The minimum Gasteiger partial charge on any atom is -0.392 e. The molecular weight excluding hydrogens is 236 g/mol. The zero-order chi connectivity index (χ0) is 12.3. The molecule has 0 bridgehead atoms. The topological polar surface area (TPSA) is 36.4 Å². The zero-order valence-electron chi connectivity index (χ0n) is 10.2. The van der Waals surface area contributed by atoms with Gasteiger partial charge in [0.15, 0.2) is 0 Å². The molecule has 1 aromatic rings. The van der Waals surface area contributed by atoms with E-state index in [1.165, 1.54) is 19.3 Å². The third-order valence-corrected chi connectivity index (χ3v) is 3.83. The number of hydrogen-bond acceptors (Lipinski definition) is 3. The highest BCUT2D eigenvalue weighted by atomic mass is 35.5. The van der Waals surface area contributed by atoms with E-state index < -0.39 is 0 Å². The summed E-state index contributed by atoms with van der Waals surface area (Å²) < 4.78 is 0. The average Bonchev–Trinajstić information content (AvgIpc) is 2.39. The SMILES string of the molecule is CCC1CCN(c2ncc(CO)cc2Cl)CC1. The summed E-state index contributed by atoms with van der Waals surface area (Å²) in [6.45, 7) is 4.31. The molecule has 1 aromatic heterocycles. The van der Waals surface area contributed by atoms with E-state index in [-0.39, 0.29) is 6.61 Å². The van der Waals surface area contributed by atoms with Crippen molar-refractivity contribution in [2.24, 2.45) is 5.92 Å². The van der Waals surface area contributed by atoms with Gasteiger partial charge in [-0.2, -0.15) is 0 Å². The molecule has 0 spiro atoms. The van der Waals surface area contributed by atoms with Gasteiger partial charge in [-0.1, -0.05) is 24.9 Å². The molecule has 4 heteroatoms. The summed E-state index contributed by atoms with van der Waals surface area (Å²) in [5.41, 5.74) is 0.766. The quantitative estimate of drug-likeness (QED) is 0.901. The lowest BCUT2D eigenvalue weighted by Gasteiger charge is -2.32. The maximum Gasteiger partial charge on any atom is 0.147 e. The van der Waals surface area contributed by atoms with Crippen molar-refractivity contribution in [2.75, 3.05) is 18.0 Å². The molecule has 0 aliphatic carbocycles. The fraction of sp³-hybridized carbons (Fsp3) is 0.615. The lowest BCUT2D eigenvalue weighted by molar-refractivity contribution is 0.281. The molecule has 0 unspecified atom stereocenters. The van der Waals surface area contributed by atoms with Crippen LogP contribution in [-0.2, 0) is 6.61 Å². The van der Waals surface area contributed by atoms with E-state index in [1.54, 1.807) is 12.3 Å². The zero-order valence-corrected chi connectivity index (χ0v) is 11.0. The Kier molecular flexibility index (Phi) is 4.24. The summed E-state index contributed by atoms with van der Waals surface area (Å²) in [4.78, 5) is 6.60. The molecule has 17 heavy (non-hydrogen) atoms. The van der Waals surface area contributed by atoms with Gasteiger partial charge in [-0.3, -0.25) is 0 Å². The second-order valence-corrected chi connectivity index (χ2v) is 5.05. The summed E-state index contributed by atoms with van der Waals surface area (Å²) in [7, 11) is 0. The Morgan fingerprint density at radius 1 is 1.47 bits per heavy atom. The Hall–Kier alpha value is -0.800. The van der Waals surface area contributed by atoms with Gasteiger partial charge in [0, 0.05) is 19.3 Å². The molecule has 0 saturated carbocycles. The van der Waals surface area contributed by atoms with Crippen LogP contribution in [-0.4, -0.2) is 23.2 Å². The Morgan fingerprint density at radius 3 is 2.71 bits per heavy atom. The lowest BCUT2D eigenvalue weighted by Crippen LogP contribution is -2.34. The smallest absolute Gasteiger partial charge is 0.147 e. The molecule has 3 nitrogen and oxygen atoms in total. The molecule has 1 aliphatic rings. The highest BCUT2D eigenvalue weighted by Crippen LogP contribution is 2.29. The van der Waals surface area contributed by atoms with Crippen molar-refractivity contribution in [3.63, 3.8) is 0 Å². The number of rotatable bonds is 3. The molecule has 1 fully saturated rings. The number of hydrogen-bond donors (Lipinski definition) is 1. The monoisotopic (exact) mass is 254 g/mol. The second kappa shape index (κ2) is 5.69. The van der Waals surface area contributed by atoms with Gasteiger partial charge in [-0.25, -0.2) is 4.98 Å². The van der Waals surface area contributed by atoms with Crippen LogP contribution < -0.4 is 4.90 Å². The number of pyridine rings is 1. The van der Waals surface area contributed by atoms with E-state index in [4.69, 9.17) is 16.7 Å². The van der Waals surface area contributed by atoms with Gasteiger partial charge in [0.25, 0.3) is 0 Å². The fourth-order valence-electron chi connectivity index (χ4n) is 2.34. The van der Waals surface area contributed by atoms with E-state index in [1.807, 2.05) is 0 Å². The van der Waals surface area contributed by atoms with Crippen LogP contribution in [0.15, 0.2) is 12.3 Å². The fourth-order valence-corrected chi connectivity index (χ4v) is 2.65. The van der Waals surface area contributed by atoms with Crippen molar-refractivity contribution >= 4 is 17.4 Å². The summed E-state index contributed by atoms with van der Waals surface area (Å²) in [6, 6.07) is 1.80. The average molecular weight is 255 g/mol. The van der Waals surface area contributed by atoms with Crippen LogP contribution in [0.25, 0.3) is 0 Å². The van der Waals surface area contributed by atoms with E-state index in [0.717, 1.165) is 30.4 Å². The molecular formula is C13H19ClN2O. The van der Waals surface area contributed by atoms with Crippen LogP contribution in [0.1, 0.15) is 31.7 Å². The largest absolute Gasteiger partial charge is 0.392 e. The van der Waals surface area contributed by atoms with Gasteiger partial charge >= 0.3 is 0 Å². The highest BCUT2D eigenvalue weighted by Gasteiger charge is 2.20. The maximum atomic E-state index is 9.02. The van der Waals surface area contributed by atoms with Crippen molar-refractivity contribution in [1.82, 2.24) is 4.98 Å². The molecule has 0 radical (unpaired) electrons. The first-order chi connectivity index (χ1) is 8.24. The summed E-state index contributed by atoms with van der Waals surface area (Å²) >= 11 is 6.20. The number of nitrogens with zero attached hydrogens (tertiary/aromatic N) is 2. The van der Waals surface area contributed by atoms with Gasteiger partial charge < -0.3 is 10.0 Å². The molecule has 2 rings (SSSR count). The van der Waals surface area contributed by atoms with Crippen molar-refractivity contribution < 1.29 is 5.11 Å². The lowest BCUT2D eigenvalue weighted by atomic mass is 9.94. The molecule has 0 aromatic carbocycles. The number of halogens is 1. The van der Waals surface area contributed by atoms with E-state index in [9.17, 15) is 0 Å². The summed E-state index contributed by atoms with van der Waals surface area (Å²) in [5, 5.41) is 9.66. The van der Waals surface area contributed by atoms with Crippen LogP contribution in [0, 0.1) is 5.92 Å². The third kappa shape index (κ3) is 2.90. The molecule has 1 aliphatic heterocycles. The van der Waals surface area contributed by atoms with Gasteiger partial charge in [0.05, 0.1) is 11.6 Å². The number of aromatic nitrogens is 1. The summed E-state index contributed by atoms with van der Waals surface area (Å²) in [6.07, 6.45) is 5.40. The van der Waals surface area contributed by atoms with Crippen molar-refractivity contribution in [3.05, 3.63) is 22.8 Å². The van der Waals surface area contributed by atoms with E-state index >= 15 is 0 Å². The molecule has 1 saturated heterocycles. The second-order valence-electron chi connectivity index (χ2n) is 4.65. The van der Waals surface area contributed by atoms with Gasteiger partial charge in [0.1, 0.15) is 5.82 Å². The molecule has 1 N–H and O–H groups in total. The van der Waals surface area contributed by atoms with E-state index in [0.29, 0.717) is 5.02 Å². The van der Waals surface area contributed by atoms with Gasteiger partial charge in [0.2, 0.25) is 0 Å². The minimum atomic E-state index is -0.00902. The first-order valence-corrected chi connectivity index (χ1v) is 6.62. The van der Waals surface area contributed by atoms with Crippen LogP contribution in [0.5, 0.6) is 0 Å². The van der Waals surface area contributed by atoms with Crippen LogP contribution in [0.3, 0.4) is 0 Å². The predicted octanol–water partition coefficient (Wildman–Crippen LogP) is 2.85. The van der Waals surface area contributed by atoms with Crippen molar-refractivity contribution in [3.8, 4) is 0 Å². The third-order valence-electron chi connectivity index (χ3n) is 3.55. The number of piperidine rings is 1. The van der Waals surface area contributed by atoms with Crippen molar-refractivity contribution in [1.29, 1.82) is 0 Å². The summed E-state index contributed by atoms with van der Waals surface area (Å²) in [5.74, 6) is 1.71. The Labute approximate surface area is 107 Å². The standard InChI is InChI=1S/C13H19ClN2O/c1-2-10-3-5-16(6-4-10)13-12(14)7-11(9-17)8-15-13/h7-8,10,17H,2-6,9H2,1H3. The number of aliphatic hydroxyl groups is 1. The predicted molar refractivity (Wildman–Crippen MR) is 70.4 cm³/mol. The Morgan fingerprint density at radius 2 is 2.18 bits per heavy atom. The number of aliphatic hydroxyl groups excluding tert-OH is 1. The highest BCUT2D eigenvalue weighted by molar-refractivity contribution is 6.33. The van der Waals surface area contributed by atoms with Crippen LogP contribution >= 0.6 is 11.6 Å². The first-order valence-electron chi connectivity index (χ1n) is 6.24. The van der Waals surface area contributed by atoms with E-state index in [2.05, 4.69) is 16.8 Å². The maximum absolute atomic E-state index is 9.02. The molecule has 0 amide bonds. The van der Waals surface area contributed by atoms with Gasteiger partial charge in [-0.05, 0) is 30.4 Å². The minimum absolute atomic E-state index is 0.00902. The molecule has 94 valence electrons. The number of anilines is 1. The van der Waals surface area contributed by atoms with Gasteiger partial charge in [-0.15, -0.1) is 0 Å². The normalized spacial score (nSPS) is 17.5. The van der Waals surface area contributed by atoms with Crippen molar-refractivity contribution in [2.45, 2.75) is 32.8 Å². The first kappa shape index (κ1) is 12.7. The van der Waals surface area contributed by atoms with Crippen LogP contribution in [0.4, 0.5) is 5.82 Å². The Bertz CT molecular complexity index is 376. The molecule has 0 atom stereocenters. The molecule has 2 heterocycles.